The highest BCUT2D eigenvalue weighted by molar-refractivity contribution is 5.78. The van der Waals surface area contributed by atoms with Gasteiger partial charge in [0.15, 0.2) is 0 Å². The molecule has 6 nitrogen and oxygen atoms in total. The van der Waals surface area contributed by atoms with E-state index in [2.05, 4.69) is 0 Å². The maximum atomic E-state index is 12.5. The Morgan fingerprint density at radius 3 is 2.14 bits per heavy atom. The lowest BCUT2D eigenvalue weighted by atomic mass is 9.78. The molecule has 0 saturated carbocycles. The van der Waals surface area contributed by atoms with Gasteiger partial charge in [-0.15, -0.1) is 0 Å². The summed E-state index contributed by atoms with van der Waals surface area (Å²) in [5, 5.41) is 1.30. The highest BCUT2D eigenvalue weighted by Crippen LogP contribution is 2.38. The fraction of sp³-hybridized carbons (Fsp3) is 0.875. The summed E-state index contributed by atoms with van der Waals surface area (Å²) in [6, 6.07) is 0.197. The number of rotatable bonds is 2. The lowest BCUT2D eigenvalue weighted by Crippen LogP contribution is -2.57. The van der Waals surface area contributed by atoms with Crippen molar-refractivity contribution < 1.29 is 19.2 Å². The van der Waals surface area contributed by atoms with Crippen LogP contribution in [0.25, 0.3) is 0 Å². The summed E-state index contributed by atoms with van der Waals surface area (Å²) in [7, 11) is 3.13. The van der Waals surface area contributed by atoms with Crippen molar-refractivity contribution >= 4 is 12.0 Å². The van der Waals surface area contributed by atoms with E-state index in [0.29, 0.717) is 12.8 Å². The van der Waals surface area contributed by atoms with Gasteiger partial charge in [0.2, 0.25) is 5.91 Å². The molecule has 0 aromatic rings. The lowest BCUT2D eigenvalue weighted by Gasteiger charge is -2.48. The average molecular weight is 312 g/mol. The number of hydrogen-bond acceptors (Lipinski definition) is 4. The first-order chi connectivity index (χ1) is 10.2. The molecule has 0 spiro atoms. The fourth-order valence-electron chi connectivity index (χ4n) is 3.54. The number of fused-ring (bicyclic) bond motifs is 2. The Morgan fingerprint density at radius 2 is 1.68 bits per heavy atom. The summed E-state index contributed by atoms with van der Waals surface area (Å²) >= 11 is 0. The van der Waals surface area contributed by atoms with Crippen molar-refractivity contribution in [3.05, 3.63) is 0 Å². The van der Waals surface area contributed by atoms with Gasteiger partial charge in [0, 0.05) is 25.0 Å². The first-order valence-corrected chi connectivity index (χ1v) is 8.06. The molecule has 0 aliphatic carbocycles. The Bertz CT molecular complexity index is 418. The minimum atomic E-state index is -0.492. The molecule has 2 bridgehead atoms. The Labute approximate surface area is 132 Å². The van der Waals surface area contributed by atoms with Crippen LogP contribution in [-0.2, 0) is 14.4 Å². The first kappa shape index (κ1) is 17.1. The van der Waals surface area contributed by atoms with E-state index >= 15 is 0 Å². The van der Waals surface area contributed by atoms with Gasteiger partial charge in [-0.3, -0.25) is 9.63 Å². The minimum Gasteiger partial charge on any atom is -0.444 e. The molecule has 2 rings (SSSR count). The van der Waals surface area contributed by atoms with E-state index in [1.165, 1.54) is 12.2 Å². The average Bonchev–Trinajstić information content (AvgIpc) is 2.42. The molecule has 2 aliphatic rings. The molecular formula is C16H28N2O4. The number of carbonyl (C=O) groups excluding carboxylic acids is 2. The quantitative estimate of drug-likeness (QED) is 0.735. The molecule has 2 heterocycles. The predicted molar refractivity (Wildman–Crippen MR) is 82.0 cm³/mol. The topological polar surface area (TPSA) is 59.1 Å². The number of amides is 2. The van der Waals surface area contributed by atoms with Crippen LogP contribution in [0.1, 0.15) is 52.9 Å². The van der Waals surface area contributed by atoms with Crippen molar-refractivity contribution in [2.24, 2.45) is 5.92 Å². The molecule has 2 unspecified atom stereocenters. The molecule has 0 N–H and O–H groups in total. The molecule has 6 heteroatoms. The zero-order valence-corrected chi connectivity index (χ0v) is 14.3. The number of nitrogens with zero attached hydrogens (tertiary/aromatic N) is 2. The molecule has 2 amide bonds. The molecule has 2 fully saturated rings. The van der Waals surface area contributed by atoms with Crippen LogP contribution >= 0.6 is 0 Å². The smallest absolute Gasteiger partial charge is 0.410 e. The maximum absolute atomic E-state index is 12.5. The monoisotopic (exact) mass is 312 g/mol. The van der Waals surface area contributed by atoms with E-state index in [4.69, 9.17) is 9.57 Å². The van der Waals surface area contributed by atoms with Gasteiger partial charge in [0.25, 0.3) is 0 Å². The Balaban J connectivity index is 2.08. The Hall–Kier alpha value is -1.30. The van der Waals surface area contributed by atoms with Crippen LogP contribution in [0, 0.1) is 5.92 Å². The van der Waals surface area contributed by atoms with Crippen LogP contribution in [0.3, 0.4) is 0 Å². The van der Waals surface area contributed by atoms with E-state index in [1.807, 2.05) is 25.7 Å². The summed E-state index contributed by atoms with van der Waals surface area (Å²) < 4.78 is 5.54. The van der Waals surface area contributed by atoms with Crippen molar-refractivity contribution in [3.63, 3.8) is 0 Å². The largest absolute Gasteiger partial charge is 0.444 e. The molecule has 22 heavy (non-hydrogen) atoms. The van der Waals surface area contributed by atoms with Crippen molar-refractivity contribution in [3.8, 4) is 0 Å². The number of carbonyl (C=O) groups is 2. The zero-order chi connectivity index (χ0) is 16.5. The van der Waals surface area contributed by atoms with Gasteiger partial charge in [0.05, 0.1) is 7.11 Å². The molecule has 0 radical (unpaired) electrons. The van der Waals surface area contributed by atoms with Gasteiger partial charge in [-0.1, -0.05) is 0 Å². The lowest BCUT2D eigenvalue weighted by molar-refractivity contribution is -0.177. The van der Waals surface area contributed by atoms with Gasteiger partial charge in [0.1, 0.15) is 5.60 Å². The zero-order valence-electron chi connectivity index (χ0n) is 14.3. The predicted octanol–water partition coefficient (Wildman–Crippen LogP) is 2.57. The number of hydroxylamine groups is 2. The second-order valence-corrected chi connectivity index (χ2v) is 7.31. The molecule has 2 atom stereocenters. The molecule has 0 aromatic heterocycles. The van der Waals surface area contributed by atoms with Gasteiger partial charge in [-0.05, 0) is 52.9 Å². The number of hydrogen-bond donors (Lipinski definition) is 0. The van der Waals surface area contributed by atoms with Gasteiger partial charge < -0.3 is 9.64 Å². The number of ether oxygens (including phenoxy) is 1. The Morgan fingerprint density at radius 1 is 1.14 bits per heavy atom. The highest BCUT2D eigenvalue weighted by atomic mass is 16.7. The second kappa shape index (κ2) is 6.44. The summed E-state index contributed by atoms with van der Waals surface area (Å²) in [6.07, 6.45) is 4.14. The normalized spacial score (nSPS) is 28.2. The maximum Gasteiger partial charge on any atom is 0.410 e. The van der Waals surface area contributed by atoms with Crippen LogP contribution in [0.15, 0.2) is 0 Å². The molecule has 0 aromatic carbocycles. The third kappa shape index (κ3) is 3.72. The standard InChI is InChI=1S/C16H28N2O4/c1-16(2,3)22-15(20)18-12-7-6-8-13(18)10-11(9-12)14(19)17(4)21-5/h11-13H,6-10H2,1-5H3. The van der Waals surface area contributed by atoms with Gasteiger partial charge in [-0.2, -0.15) is 0 Å². The summed E-state index contributed by atoms with van der Waals surface area (Å²) in [6.45, 7) is 5.64. The van der Waals surface area contributed by atoms with Crippen molar-refractivity contribution in [1.29, 1.82) is 0 Å². The first-order valence-electron chi connectivity index (χ1n) is 8.06. The van der Waals surface area contributed by atoms with E-state index in [-0.39, 0.29) is 30.0 Å². The third-order valence-corrected chi connectivity index (χ3v) is 4.51. The summed E-state index contributed by atoms with van der Waals surface area (Å²) in [4.78, 5) is 31.7. The van der Waals surface area contributed by atoms with Gasteiger partial charge >= 0.3 is 6.09 Å². The SMILES string of the molecule is CON(C)C(=O)C1CC2CCCC(C1)N2C(=O)OC(C)(C)C. The van der Waals surface area contributed by atoms with E-state index in [9.17, 15) is 9.59 Å². The van der Waals surface area contributed by atoms with E-state index in [0.717, 1.165) is 19.3 Å². The fourth-order valence-corrected chi connectivity index (χ4v) is 3.54. The van der Waals surface area contributed by atoms with Crippen LogP contribution < -0.4 is 0 Å². The van der Waals surface area contributed by atoms with Crippen molar-refractivity contribution in [2.45, 2.75) is 70.6 Å². The van der Waals surface area contributed by atoms with Crippen LogP contribution in [-0.4, -0.2) is 53.8 Å². The van der Waals surface area contributed by atoms with Crippen LogP contribution in [0.4, 0.5) is 4.79 Å². The molecular weight excluding hydrogens is 284 g/mol. The highest BCUT2D eigenvalue weighted by Gasteiger charge is 2.44. The molecule has 2 saturated heterocycles. The summed E-state index contributed by atoms with van der Waals surface area (Å²) in [5.41, 5.74) is -0.492. The molecule has 126 valence electrons. The Kier molecular flexibility index (Phi) is 5.00. The van der Waals surface area contributed by atoms with E-state index in [1.54, 1.807) is 7.05 Å². The number of piperidine rings is 2. The third-order valence-electron chi connectivity index (χ3n) is 4.51. The second-order valence-electron chi connectivity index (χ2n) is 7.31. The van der Waals surface area contributed by atoms with Crippen LogP contribution in [0.5, 0.6) is 0 Å². The van der Waals surface area contributed by atoms with Crippen molar-refractivity contribution in [1.82, 2.24) is 9.96 Å². The molecule has 2 aliphatic heterocycles. The van der Waals surface area contributed by atoms with Crippen LogP contribution in [0.2, 0.25) is 0 Å². The summed E-state index contributed by atoms with van der Waals surface area (Å²) in [5.74, 6) is -0.0674. The van der Waals surface area contributed by atoms with E-state index < -0.39 is 5.60 Å². The van der Waals surface area contributed by atoms with Gasteiger partial charge in [-0.25, -0.2) is 9.86 Å². The minimum absolute atomic E-state index is 0.00300. The van der Waals surface area contributed by atoms with Crippen molar-refractivity contribution in [2.75, 3.05) is 14.2 Å².